The van der Waals surface area contributed by atoms with Crippen molar-refractivity contribution in [2.75, 3.05) is 5.75 Å². The molecule has 1 unspecified atom stereocenters. The number of aromatic hydroxyl groups is 1. The highest BCUT2D eigenvalue weighted by atomic mass is 32.2. The molecule has 0 bridgehead atoms. The number of thioether (sulfide) groups is 1. The van der Waals surface area contributed by atoms with Gasteiger partial charge in [-0.25, -0.2) is 4.79 Å². The Morgan fingerprint density at radius 2 is 2.00 bits per heavy atom. The maximum Gasteiger partial charge on any atom is 0.353 e. The minimum Gasteiger partial charge on any atom is -0.508 e. The molecule has 1 saturated heterocycles. The Bertz CT molecular complexity index is 733. The molecule has 0 aliphatic carbocycles. The molecule has 2 aliphatic rings. The molecule has 1 aromatic carbocycles. The van der Waals surface area contributed by atoms with Crippen LogP contribution in [0.25, 0.3) is 0 Å². The number of carbonyl (C=O) groups is 3. The molecule has 2 heterocycles. The third-order valence-corrected chi connectivity index (χ3v) is 4.92. The van der Waals surface area contributed by atoms with Crippen molar-refractivity contribution in [3.8, 4) is 5.75 Å². The average Bonchev–Trinajstić information content (AvgIpc) is 2.58. The molecular formula is C15H15N3O5S. The van der Waals surface area contributed by atoms with Gasteiger partial charge in [0.05, 0.1) is 6.04 Å². The molecule has 3 rings (SSSR count). The highest BCUT2D eigenvalue weighted by molar-refractivity contribution is 8.02. The van der Waals surface area contributed by atoms with Crippen LogP contribution in [0.2, 0.25) is 0 Å². The first-order chi connectivity index (χ1) is 11.4. The highest BCUT2D eigenvalue weighted by Crippen LogP contribution is 2.34. The lowest BCUT2D eigenvalue weighted by Crippen LogP contribution is -2.72. The number of phenols is 1. The third kappa shape index (κ3) is 2.72. The first-order valence-corrected chi connectivity index (χ1v) is 8.18. The quantitative estimate of drug-likeness (QED) is 0.551. The molecule has 0 saturated carbocycles. The van der Waals surface area contributed by atoms with Gasteiger partial charge in [0.25, 0.3) is 5.91 Å². The topological polar surface area (TPSA) is 133 Å². The van der Waals surface area contributed by atoms with Crippen LogP contribution in [0.1, 0.15) is 11.6 Å². The number of carbonyl (C=O) groups excluding carboxylic acids is 2. The molecule has 126 valence electrons. The Morgan fingerprint density at radius 1 is 1.33 bits per heavy atom. The number of aliphatic carboxylic acids is 1. The second-order valence-corrected chi connectivity index (χ2v) is 6.37. The Morgan fingerprint density at radius 3 is 2.62 bits per heavy atom. The van der Waals surface area contributed by atoms with Crippen LogP contribution in [-0.4, -0.2) is 50.7 Å². The van der Waals surface area contributed by atoms with Crippen molar-refractivity contribution >= 4 is 29.5 Å². The number of hydrogen-bond donors (Lipinski definition) is 4. The summed E-state index contributed by atoms with van der Waals surface area (Å²) in [6.45, 7) is 0. The zero-order valence-electron chi connectivity index (χ0n) is 12.4. The van der Waals surface area contributed by atoms with Crippen molar-refractivity contribution in [3.05, 3.63) is 40.9 Å². The molecule has 9 heteroatoms. The van der Waals surface area contributed by atoms with Crippen LogP contribution < -0.4 is 11.1 Å². The predicted molar refractivity (Wildman–Crippen MR) is 85.8 cm³/mol. The summed E-state index contributed by atoms with van der Waals surface area (Å²) in [5, 5.41) is 22.4. The maximum absolute atomic E-state index is 12.3. The summed E-state index contributed by atoms with van der Waals surface area (Å²) >= 11 is 1.29. The summed E-state index contributed by atoms with van der Waals surface area (Å²) in [5.74, 6) is -1.60. The summed E-state index contributed by atoms with van der Waals surface area (Å²) in [6, 6.07) is 3.72. The molecule has 1 aromatic rings. The van der Waals surface area contributed by atoms with E-state index in [-0.39, 0.29) is 11.4 Å². The number of phenolic OH excluding ortho intramolecular Hbond substituents is 1. The lowest BCUT2D eigenvalue weighted by molar-refractivity contribution is -0.153. The van der Waals surface area contributed by atoms with Gasteiger partial charge in [-0.2, -0.15) is 0 Å². The second-order valence-electron chi connectivity index (χ2n) is 5.47. The van der Waals surface area contributed by atoms with Gasteiger partial charge < -0.3 is 21.3 Å². The monoisotopic (exact) mass is 349 g/mol. The van der Waals surface area contributed by atoms with Crippen molar-refractivity contribution in [1.82, 2.24) is 10.2 Å². The van der Waals surface area contributed by atoms with E-state index in [9.17, 15) is 19.5 Å². The van der Waals surface area contributed by atoms with Gasteiger partial charge in [0, 0.05) is 11.2 Å². The SMILES string of the molecule is NC(C(=O)N[C@H]1C(=O)N2C(C(=O)O)=CSC[C@@H]12)c1ccc(O)cc1. The normalized spacial score (nSPS) is 23.6. The zero-order chi connectivity index (χ0) is 17.4. The largest absolute Gasteiger partial charge is 0.508 e. The number of carboxylic acid groups (broad SMARTS) is 1. The van der Waals surface area contributed by atoms with Crippen molar-refractivity contribution in [2.45, 2.75) is 18.1 Å². The number of nitrogens with one attached hydrogen (secondary N) is 1. The lowest BCUT2D eigenvalue weighted by Gasteiger charge is -2.48. The van der Waals surface area contributed by atoms with Crippen molar-refractivity contribution in [2.24, 2.45) is 5.73 Å². The molecule has 3 atom stereocenters. The predicted octanol–water partition coefficient (Wildman–Crippen LogP) is -0.240. The van der Waals surface area contributed by atoms with Gasteiger partial charge in [-0.05, 0) is 17.7 Å². The van der Waals surface area contributed by atoms with Gasteiger partial charge in [-0.15, -0.1) is 11.8 Å². The summed E-state index contributed by atoms with van der Waals surface area (Å²) in [5.41, 5.74) is 6.30. The van der Waals surface area contributed by atoms with Crippen LogP contribution in [-0.2, 0) is 14.4 Å². The smallest absolute Gasteiger partial charge is 0.353 e. The number of nitrogens with two attached hydrogens (primary N) is 1. The van der Waals surface area contributed by atoms with Crippen molar-refractivity contribution in [1.29, 1.82) is 0 Å². The first-order valence-electron chi connectivity index (χ1n) is 7.13. The van der Waals surface area contributed by atoms with E-state index in [2.05, 4.69) is 5.32 Å². The van der Waals surface area contributed by atoms with E-state index in [1.165, 1.54) is 46.3 Å². The second kappa shape index (κ2) is 6.17. The molecule has 1 fully saturated rings. The minimum absolute atomic E-state index is 0.0587. The summed E-state index contributed by atoms with van der Waals surface area (Å²) < 4.78 is 0. The van der Waals surface area contributed by atoms with E-state index in [1.54, 1.807) is 0 Å². The maximum atomic E-state index is 12.3. The van der Waals surface area contributed by atoms with Gasteiger partial charge in [0.15, 0.2) is 0 Å². The van der Waals surface area contributed by atoms with Crippen molar-refractivity contribution < 1.29 is 24.6 Å². The van der Waals surface area contributed by atoms with Crippen LogP contribution in [0.5, 0.6) is 5.75 Å². The van der Waals surface area contributed by atoms with Gasteiger partial charge in [-0.3, -0.25) is 14.5 Å². The van der Waals surface area contributed by atoms with E-state index < -0.39 is 35.9 Å². The molecular weight excluding hydrogens is 334 g/mol. The fourth-order valence-corrected chi connectivity index (χ4v) is 3.69. The Hall–Kier alpha value is -2.52. The van der Waals surface area contributed by atoms with E-state index >= 15 is 0 Å². The van der Waals surface area contributed by atoms with Gasteiger partial charge in [0.1, 0.15) is 23.5 Å². The Labute approximate surface area is 141 Å². The number of rotatable bonds is 4. The number of fused-ring (bicyclic) bond motifs is 1. The lowest BCUT2D eigenvalue weighted by atomic mass is 9.94. The highest BCUT2D eigenvalue weighted by Gasteiger charge is 2.52. The van der Waals surface area contributed by atoms with Gasteiger partial charge >= 0.3 is 5.97 Å². The Balaban J connectivity index is 1.68. The van der Waals surface area contributed by atoms with Gasteiger partial charge in [-0.1, -0.05) is 12.1 Å². The molecule has 24 heavy (non-hydrogen) atoms. The van der Waals surface area contributed by atoms with Crippen LogP contribution >= 0.6 is 11.8 Å². The average molecular weight is 349 g/mol. The number of benzene rings is 1. The number of hydrogen-bond acceptors (Lipinski definition) is 6. The number of amides is 2. The fourth-order valence-electron chi connectivity index (χ4n) is 2.68. The standard InChI is InChI=1S/C15H15N3O5S/c16-11(7-1-3-8(19)4-2-7)13(20)17-12-9-5-24-6-10(15(22)23)18(9)14(12)21/h1-4,6,9,11-12,19H,5,16H2,(H,17,20)(H,22,23)/t9-,11?,12+/m0/s1. The molecule has 5 N–H and O–H groups in total. The fraction of sp³-hybridized carbons (Fsp3) is 0.267. The molecule has 0 radical (unpaired) electrons. The summed E-state index contributed by atoms with van der Waals surface area (Å²) in [7, 11) is 0. The summed E-state index contributed by atoms with van der Waals surface area (Å²) in [4.78, 5) is 36.8. The van der Waals surface area contributed by atoms with E-state index in [0.29, 0.717) is 11.3 Å². The van der Waals surface area contributed by atoms with Crippen LogP contribution in [0.4, 0.5) is 0 Å². The van der Waals surface area contributed by atoms with E-state index in [4.69, 9.17) is 10.8 Å². The molecule has 0 aromatic heterocycles. The minimum atomic E-state index is -1.17. The van der Waals surface area contributed by atoms with Gasteiger partial charge in [0.2, 0.25) is 5.91 Å². The van der Waals surface area contributed by atoms with E-state index in [1.807, 2.05) is 0 Å². The molecule has 2 amide bonds. The van der Waals surface area contributed by atoms with Crippen LogP contribution in [0, 0.1) is 0 Å². The number of nitrogens with zero attached hydrogens (tertiary/aromatic N) is 1. The summed E-state index contributed by atoms with van der Waals surface area (Å²) in [6.07, 6.45) is 0. The Kier molecular flexibility index (Phi) is 4.20. The number of β-lactam (4-membered cyclic amide) rings is 1. The first kappa shape index (κ1) is 16.3. The zero-order valence-corrected chi connectivity index (χ0v) is 13.2. The van der Waals surface area contributed by atoms with Crippen molar-refractivity contribution in [3.63, 3.8) is 0 Å². The molecule has 2 aliphatic heterocycles. The molecule has 0 spiro atoms. The third-order valence-electron chi connectivity index (χ3n) is 3.99. The van der Waals surface area contributed by atoms with Crippen LogP contribution in [0.3, 0.4) is 0 Å². The van der Waals surface area contributed by atoms with E-state index in [0.717, 1.165) is 0 Å². The number of carboxylic acids is 1. The molecule has 8 nitrogen and oxygen atoms in total. The van der Waals surface area contributed by atoms with Crippen LogP contribution in [0.15, 0.2) is 35.4 Å².